The zero-order valence-electron chi connectivity index (χ0n) is 59.5. The van der Waals surface area contributed by atoms with E-state index in [0.29, 0.717) is 23.9 Å². The van der Waals surface area contributed by atoms with Gasteiger partial charge in [0.2, 0.25) is 0 Å². The number of rotatable bonds is 65. The maximum absolute atomic E-state index is 13.0. The van der Waals surface area contributed by atoms with Crippen LogP contribution in [-0.4, -0.2) is 82.3 Å². The van der Waals surface area contributed by atoms with Crippen LogP contribution in [0.1, 0.15) is 258 Å². The topological polar surface area (TPSA) is 111 Å². The molecule has 9 nitrogen and oxygen atoms in total. The number of allylic oxidation sites excluding steroid dienone is 32. The van der Waals surface area contributed by atoms with Crippen LogP contribution in [0.3, 0.4) is 0 Å². The van der Waals surface area contributed by atoms with Gasteiger partial charge in [0, 0.05) is 12.8 Å². The lowest BCUT2D eigenvalue weighted by Gasteiger charge is -2.26. The summed E-state index contributed by atoms with van der Waals surface area (Å²) in [7, 11) is 5.91. The third-order valence-electron chi connectivity index (χ3n) is 14.8. The molecule has 2 unspecified atom stereocenters. The maximum atomic E-state index is 13.0. The van der Waals surface area contributed by atoms with Crippen molar-refractivity contribution in [1.29, 1.82) is 0 Å². The van der Waals surface area contributed by atoms with E-state index < -0.39 is 24.3 Å². The van der Waals surface area contributed by atoms with Crippen LogP contribution in [0.25, 0.3) is 0 Å². The van der Waals surface area contributed by atoms with Gasteiger partial charge in [0.05, 0.1) is 40.3 Å². The summed E-state index contributed by atoms with van der Waals surface area (Å²) in [5.41, 5.74) is 0. The number of nitrogens with zero attached hydrogens (tertiary/aromatic N) is 1. The molecule has 0 aromatic rings. The summed E-state index contributed by atoms with van der Waals surface area (Å²) in [6.45, 7) is 4.47. The van der Waals surface area contributed by atoms with E-state index in [1.165, 1.54) is 70.6 Å². The Kier molecular flexibility index (Phi) is 67.4. The number of esters is 2. The average molecular weight is 1280 g/mol. The van der Waals surface area contributed by atoms with Crippen LogP contribution < -0.4 is 5.11 Å². The van der Waals surface area contributed by atoms with E-state index in [4.69, 9.17) is 18.9 Å². The van der Waals surface area contributed by atoms with Crippen molar-refractivity contribution in [2.75, 3.05) is 47.5 Å². The highest BCUT2D eigenvalue weighted by atomic mass is 16.7. The van der Waals surface area contributed by atoms with Crippen molar-refractivity contribution in [2.45, 2.75) is 270 Å². The van der Waals surface area contributed by atoms with E-state index in [0.717, 1.165) is 148 Å². The van der Waals surface area contributed by atoms with Gasteiger partial charge in [-0.2, -0.15) is 0 Å². The third kappa shape index (κ3) is 73.4. The van der Waals surface area contributed by atoms with Gasteiger partial charge in [-0.25, -0.2) is 0 Å². The summed E-state index contributed by atoms with van der Waals surface area (Å²) < 4.78 is 22.8. The van der Waals surface area contributed by atoms with Crippen molar-refractivity contribution in [3.8, 4) is 0 Å². The van der Waals surface area contributed by atoms with Gasteiger partial charge in [0.1, 0.15) is 13.2 Å². The highest BCUT2D eigenvalue weighted by molar-refractivity contribution is 5.70. The van der Waals surface area contributed by atoms with E-state index in [-0.39, 0.29) is 38.6 Å². The van der Waals surface area contributed by atoms with Gasteiger partial charge in [-0.1, -0.05) is 298 Å². The first kappa shape index (κ1) is 87.1. The minimum Gasteiger partial charge on any atom is -0.545 e. The molecule has 93 heavy (non-hydrogen) atoms. The quantitative estimate of drug-likeness (QED) is 0.0195. The molecule has 0 rings (SSSR count). The van der Waals surface area contributed by atoms with Crippen molar-refractivity contribution in [2.24, 2.45) is 0 Å². The summed E-state index contributed by atoms with van der Waals surface area (Å²) in [5.74, 6) is -2.33. The normalized spacial score (nSPS) is 13.9. The molecular formula is C84H133NO8. The second-order valence-corrected chi connectivity index (χ2v) is 24.8. The number of unbranched alkanes of at least 4 members (excludes halogenated alkanes) is 18. The molecule has 9 heteroatoms. The van der Waals surface area contributed by atoms with Gasteiger partial charge in [-0.05, 0) is 141 Å². The van der Waals surface area contributed by atoms with Crippen molar-refractivity contribution in [3.63, 3.8) is 0 Å². The fourth-order valence-corrected chi connectivity index (χ4v) is 9.33. The summed E-state index contributed by atoms with van der Waals surface area (Å²) in [4.78, 5) is 37.5. The van der Waals surface area contributed by atoms with Crippen molar-refractivity contribution < 1.29 is 42.9 Å². The highest BCUT2D eigenvalue weighted by Crippen LogP contribution is 2.16. The third-order valence-corrected chi connectivity index (χ3v) is 14.8. The summed E-state index contributed by atoms with van der Waals surface area (Å²) in [6.07, 6.45) is 108. The number of hydrogen-bond donors (Lipinski definition) is 0. The summed E-state index contributed by atoms with van der Waals surface area (Å²) >= 11 is 0. The Labute approximate surface area is 570 Å². The largest absolute Gasteiger partial charge is 0.545 e. The Hall–Kier alpha value is -5.87. The van der Waals surface area contributed by atoms with E-state index in [2.05, 4.69) is 208 Å². The molecule has 0 aliphatic rings. The fraction of sp³-hybridized carbons (Fsp3) is 0.583. The van der Waals surface area contributed by atoms with Gasteiger partial charge >= 0.3 is 11.9 Å². The molecule has 0 aromatic carbocycles. The van der Waals surface area contributed by atoms with Gasteiger partial charge in [0.25, 0.3) is 0 Å². The Morgan fingerprint density at radius 1 is 0.323 bits per heavy atom. The lowest BCUT2D eigenvalue weighted by atomic mass is 10.0. The second kappa shape index (κ2) is 72.0. The molecule has 0 saturated heterocycles. The number of carbonyl (C=O) groups excluding carboxylic acids is 3. The predicted molar refractivity (Wildman–Crippen MR) is 397 cm³/mol. The summed E-state index contributed by atoms with van der Waals surface area (Å²) in [5, 5.41) is 11.8. The molecule has 0 aromatic heterocycles. The number of carboxylic acids is 1. The zero-order valence-corrected chi connectivity index (χ0v) is 59.5. The Balaban J connectivity index is 4.19. The molecule has 0 aliphatic carbocycles. The van der Waals surface area contributed by atoms with E-state index >= 15 is 0 Å². The number of ether oxygens (including phenoxy) is 4. The average Bonchev–Trinajstić information content (AvgIpc) is 3.38. The lowest BCUT2D eigenvalue weighted by Crippen LogP contribution is -2.44. The molecule has 0 spiro atoms. The van der Waals surface area contributed by atoms with Crippen LogP contribution in [0.15, 0.2) is 194 Å². The number of likely N-dealkylation sites (N-methyl/N-ethyl adjacent to an activating group) is 1. The van der Waals surface area contributed by atoms with Crippen LogP contribution >= 0.6 is 0 Å². The minimum absolute atomic E-state index is 0.133. The molecule has 522 valence electrons. The SMILES string of the molecule is CC/C=C\C/C=C\C/C=C\C/C=C\C/C=C\C/C=C\C/C=C\C/C=C\CCCCCCCCCCCCCCCCC(=O)OC(COC(=O)CCCCCC/C=C\C/C=C\C/C=C\C/C=C\C/C=C\C/C=C\C/C=C\C/C=C\CC)COC(OCC[N+](C)(C)C)C(=O)[O-]. The zero-order chi connectivity index (χ0) is 67.5. The van der Waals surface area contributed by atoms with Gasteiger partial charge in [0.15, 0.2) is 12.4 Å². The van der Waals surface area contributed by atoms with Crippen LogP contribution in [0, 0.1) is 0 Å². The van der Waals surface area contributed by atoms with E-state index in [9.17, 15) is 19.5 Å². The Bertz CT molecular complexity index is 2230. The molecular weight excluding hydrogens is 1150 g/mol. The number of hydrogen-bond acceptors (Lipinski definition) is 8. The number of carboxylic acid groups (broad SMARTS) is 1. The molecule has 2 atom stereocenters. The Morgan fingerprint density at radius 3 is 0.860 bits per heavy atom. The second-order valence-electron chi connectivity index (χ2n) is 24.8. The van der Waals surface area contributed by atoms with Crippen LogP contribution in [-0.2, 0) is 33.3 Å². The molecule has 0 aliphatic heterocycles. The smallest absolute Gasteiger partial charge is 0.306 e. The maximum Gasteiger partial charge on any atom is 0.306 e. The Morgan fingerprint density at radius 2 is 0.581 bits per heavy atom. The fourth-order valence-electron chi connectivity index (χ4n) is 9.33. The first-order valence-electron chi connectivity index (χ1n) is 36.6. The standard InChI is InChI=1S/C84H133NO8/c1-6-8-10-12-14-16-18-20-22-24-26-28-30-32-34-36-37-38-39-40-41-42-43-44-45-47-49-51-53-55-57-59-61-63-65-67-69-71-73-75-82(87)93-80(79-92-84(83(88)89)90-77-76-85(3,4)5)78-91-81(86)74-72-70-68-66-64-62-60-58-56-54-52-50-48-46-35-33-31-29-27-25-23-21-19-17-15-13-11-9-7-2/h8-11,14-17,20-23,26-29,32-35,37-38,40-41,43-44,48,50,54,56,60,62,80,84H,6-7,12-13,18-19,24-25,30-31,36,39,42,45-47,49,51-53,55,57-59,61,63-79H2,1-5H3/b10-8-,11-9-,16-14-,17-15-,22-20-,23-21-,28-26-,29-27-,34-32-,35-33-,38-37-,41-40-,44-43-,50-48-,56-54-,62-60-. The van der Waals surface area contributed by atoms with Crippen molar-refractivity contribution >= 4 is 17.9 Å². The van der Waals surface area contributed by atoms with Gasteiger partial charge < -0.3 is 33.3 Å². The van der Waals surface area contributed by atoms with E-state index in [1.807, 2.05) is 21.1 Å². The van der Waals surface area contributed by atoms with E-state index in [1.54, 1.807) is 0 Å². The molecule has 0 bridgehead atoms. The number of aliphatic carboxylic acids is 1. The van der Waals surface area contributed by atoms with Crippen LogP contribution in [0.4, 0.5) is 0 Å². The minimum atomic E-state index is -1.64. The molecule has 0 fully saturated rings. The molecule has 0 heterocycles. The number of quaternary nitrogens is 1. The molecule has 0 N–H and O–H groups in total. The monoisotopic (exact) mass is 1280 g/mol. The van der Waals surface area contributed by atoms with Crippen molar-refractivity contribution in [3.05, 3.63) is 194 Å². The first-order chi connectivity index (χ1) is 45.6. The summed E-state index contributed by atoms with van der Waals surface area (Å²) in [6, 6.07) is 0. The molecule has 0 radical (unpaired) electrons. The molecule has 0 amide bonds. The molecule has 0 saturated carbocycles. The van der Waals surface area contributed by atoms with Gasteiger partial charge in [-0.3, -0.25) is 9.59 Å². The first-order valence-corrected chi connectivity index (χ1v) is 36.6. The van der Waals surface area contributed by atoms with Crippen LogP contribution in [0.5, 0.6) is 0 Å². The van der Waals surface area contributed by atoms with Crippen LogP contribution in [0.2, 0.25) is 0 Å². The van der Waals surface area contributed by atoms with Gasteiger partial charge in [-0.15, -0.1) is 0 Å². The number of carbonyl (C=O) groups is 3. The highest BCUT2D eigenvalue weighted by Gasteiger charge is 2.22. The van der Waals surface area contributed by atoms with Crippen molar-refractivity contribution in [1.82, 2.24) is 0 Å². The predicted octanol–water partition coefficient (Wildman–Crippen LogP) is 22.0. The lowest BCUT2D eigenvalue weighted by molar-refractivity contribution is -0.870.